The minimum atomic E-state index is -0.498. The van der Waals surface area contributed by atoms with Crippen molar-refractivity contribution in [2.24, 2.45) is 0 Å². The Morgan fingerprint density at radius 3 is 2.62 bits per heavy atom. The van der Waals surface area contributed by atoms with Crippen LogP contribution in [0.2, 0.25) is 0 Å². The van der Waals surface area contributed by atoms with E-state index in [0.717, 1.165) is 27.4 Å². The van der Waals surface area contributed by atoms with Crippen molar-refractivity contribution in [2.75, 3.05) is 37.0 Å². The van der Waals surface area contributed by atoms with Crippen LogP contribution in [0, 0.1) is 0 Å². The molecule has 0 atom stereocenters. The van der Waals surface area contributed by atoms with Gasteiger partial charge in [0.2, 0.25) is 5.91 Å². The van der Waals surface area contributed by atoms with Crippen LogP contribution in [0.25, 0.3) is 10.4 Å². The second kappa shape index (κ2) is 15.4. The lowest BCUT2D eigenvalue weighted by molar-refractivity contribution is -0.120. The van der Waals surface area contributed by atoms with E-state index in [2.05, 4.69) is 32.8 Å². The molecule has 0 saturated carbocycles. The van der Waals surface area contributed by atoms with E-state index in [1.54, 1.807) is 18.2 Å². The van der Waals surface area contributed by atoms with Gasteiger partial charge in [0.05, 0.1) is 25.5 Å². The number of allylic oxidation sites excluding steroid dienone is 4. The van der Waals surface area contributed by atoms with Gasteiger partial charge in [0.25, 0.3) is 0 Å². The molecular weight excluding hydrogens is 555 g/mol. The van der Waals surface area contributed by atoms with E-state index < -0.39 is 6.03 Å². The summed E-state index contributed by atoms with van der Waals surface area (Å²) >= 11 is 7.92. The Bertz CT molecular complexity index is 1300. The number of benzene rings is 1. The quantitative estimate of drug-likeness (QED) is 0.127. The Balaban J connectivity index is 1.95. The Morgan fingerprint density at radius 2 is 1.95 bits per heavy atom. The second-order valence-electron chi connectivity index (χ2n) is 9.26. The number of hydrogen-bond donors (Lipinski definition) is 3. The van der Waals surface area contributed by atoms with E-state index in [9.17, 15) is 18.8 Å². The number of carbonyl (C=O) groups is 3. The molecule has 3 rings (SSSR count). The van der Waals surface area contributed by atoms with Gasteiger partial charge in [0, 0.05) is 36.0 Å². The number of nitrogens with zero attached hydrogens (tertiary/aromatic N) is 1. The number of alkyl halides is 1. The standard InChI is InChI=1S/C29H34ClFN4O4S/c1-19(7-5-4-6-14-31)20(2)12-15-35-16-13-25(37)32-18-24(36)26-23(17-30)27(40-28(26)35)21-8-10-22(11-9-21)33-29(38)34-39-3/h4-6,8-11,14H,7,12-13,15-18H2,1-3H3,(H,32,37)(H2,33,34,38)/b5-4?,14-6+,20-19+. The molecule has 0 radical (unpaired) electrons. The average molecular weight is 589 g/mol. The first-order valence-corrected chi connectivity index (χ1v) is 14.2. The Labute approximate surface area is 242 Å². The maximum absolute atomic E-state index is 13.4. The number of amides is 3. The van der Waals surface area contributed by atoms with Crippen LogP contribution < -0.4 is 21.0 Å². The number of nitrogens with one attached hydrogen (secondary N) is 3. The number of halogens is 2. The molecule has 0 fully saturated rings. The fourth-order valence-electron chi connectivity index (χ4n) is 4.24. The van der Waals surface area contributed by atoms with E-state index in [1.165, 1.54) is 35.7 Å². The first-order valence-electron chi connectivity index (χ1n) is 12.8. The van der Waals surface area contributed by atoms with Gasteiger partial charge in [-0.15, -0.1) is 22.9 Å². The number of carbonyl (C=O) groups excluding carboxylic acids is 3. The molecule has 8 nitrogen and oxygen atoms in total. The third-order valence-corrected chi connectivity index (χ3v) is 8.18. The van der Waals surface area contributed by atoms with Gasteiger partial charge in [-0.1, -0.05) is 35.4 Å². The van der Waals surface area contributed by atoms with Gasteiger partial charge in [-0.2, -0.15) is 0 Å². The zero-order valence-corrected chi connectivity index (χ0v) is 24.4. The van der Waals surface area contributed by atoms with E-state index >= 15 is 0 Å². The molecule has 40 heavy (non-hydrogen) atoms. The molecule has 0 spiro atoms. The van der Waals surface area contributed by atoms with E-state index in [-0.39, 0.29) is 30.5 Å². The van der Waals surface area contributed by atoms with Gasteiger partial charge in [-0.25, -0.2) is 14.7 Å². The minimum absolute atomic E-state index is 0.0884. The molecule has 0 saturated heterocycles. The number of hydroxylamine groups is 1. The fourth-order valence-corrected chi connectivity index (χ4v) is 5.98. The predicted molar refractivity (Wildman–Crippen MR) is 160 cm³/mol. The molecule has 2 aromatic rings. The fraction of sp³-hybridized carbons (Fsp3) is 0.345. The topological polar surface area (TPSA) is 99.8 Å². The number of thiophene rings is 1. The summed E-state index contributed by atoms with van der Waals surface area (Å²) in [6.45, 7) is 5.10. The number of rotatable bonds is 10. The number of hydrogen-bond acceptors (Lipinski definition) is 6. The third kappa shape index (κ3) is 8.27. The van der Waals surface area contributed by atoms with E-state index in [1.807, 2.05) is 25.1 Å². The molecule has 1 aromatic carbocycles. The molecule has 0 bridgehead atoms. The SMILES string of the molecule is CONC(=O)Nc1ccc(-c2sc3c(c2CCl)C(=O)CNC(=O)CCN3CC/C(C)=C(\C)CC=C/C=C/F)cc1. The van der Waals surface area contributed by atoms with Crippen molar-refractivity contribution in [3.05, 3.63) is 71.1 Å². The highest BCUT2D eigenvalue weighted by Crippen LogP contribution is 2.44. The van der Waals surface area contributed by atoms with Crippen molar-refractivity contribution in [3.8, 4) is 10.4 Å². The lowest BCUT2D eigenvalue weighted by Crippen LogP contribution is -2.31. The summed E-state index contributed by atoms with van der Waals surface area (Å²) in [5.74, 6) is -0.225. The molecule has 2 heterocycles. The number of urea groups is 1. The van der Waals surface area contributed by atoms with Gasteiger partial charge in [0.1, 0.15) is 5.00 Å². The van der Waals surface area contributed by atoms with Gasteiger partial charge >= 0.3 is 6.03 Å². The summed E-state index contributed by atoms with van der Waals surface area (Å²) in [4.78, 5) is 45.1. The summed E-state index contributed by atoms with van der Waals surface area (Å²) < 4.78 is 12.2. The summed E-state index contributed by atoms with van der Waals surface area (Å²) in [7, 11) is 1.35. The van der Waals surface area contributed by atoms with Crippen LogP contribution in [0.1, 0.15) is 49.0 Å². The van der Waals surface area contributed by atoms with Crippen molar-refractivity contribution < 1.29 is 23.6 Å². The molecule has 3 amide bonds. The molecular formula is C29H34ClFN4O4S. The van der Waals surface area contributed by atoms with Crippen LogP contribution in [0.3, 0.4) is 0 Å². The van der Waals surface area contributed by atoms with Crippen LogP contribution in [0.4, 0.5) is 19.9 Å². The number of anilines is 2. The smallest absolute Gasteiger partial charge is 0.343 e. The van der Waals surface area contributed by atoms with Crippen LogP contribution in [-0.4, -0.2) is 44.5 Å². The van der Waals surface area contributed by atoms with E-state index in [0.29, 0.717) is 37.1 Å². The van der Waals surface area contributed by atoms with Crippen molar-refractivity contribution in [2.45, 2.75) is 39.0 Å². The summed E-state index contributed by atoms with van der Waals surface area (Å²) in [6, 6.07) is 6.76. The number of ketones is 1. The van der Waals surface area contributed by atoms with Crippen LogP contribution in [-0.2, 0) is 15.5 Å². The van der Waals surface area contributed by atoms with Gasteiger partial charge in [-0.3, -0.25) is 14.4 Å². The summed E-state index contributed by atoms with van der Waals surface area (Å²) in [5.41, 5.74) is 7.28. The molecule has 1 aliphatic rings. The van der Waals surface area contributed by atoms with Gasteiger partial charge in [0.15, 0.2) is 5.78 Å². The largest absolute Gasteiger partial charge is 0.362 e. The van der Waals surface area contributed by atoms with E-state index in [4.69, 9.17) is 11.6 Å². The molecule has 11 heteroatoms. The Morgan fingerprint density at radius 1 is 1.20 bits per heavy atom. The lowest BCUT2D eigenvalue weighted by Gasteiger charge is -2.24. The summed E-state index contributed by atoms with van der Waals surface area (Å²) in [5, 5.41) is 6.20. The Kier molecular flexibility index (Phi) is 11.9. The van der Waals surface area contributed by atoms with Crippen molar-refractivity contribution in [1.82, 2.24) is 10.8 Å². The van der Waals surface area contributed by atoms with Gasteiger partial charge in [-0.05, 0) is 56.0 Å². The highest BCUT2D eigenvalue weighted by molar-refractivity contribution is 7.20. The predicted octanol–water partition coefficient (Wildman–Crippen LogP) is 6.50. The van der Waals surface area contributed by atoms with Crippen molar-refractivity contribution in [1.29, 1.82) is 0 Å². The molecule has 0 aliphatic carbocycles. The Hall–Kier alpha value is -3.47. The van der Waals surface area contributed by atoms with Crippen LogP contribution >= 0.6 is 22.9 Å². The van der Waals surface area contributed by atoms with Crippen molar-refractivity contribution in [3.63, 3.8) is 0 Å². The normalized spacial score (nSPS) is 14.9. The molecule has 214 valence electrons. The van der Waals surface area contributed by atoms with Crippen LogP contribution in [0.15, 0.2) is 60.0 Å². The lowest BCUT2D eigenvalue weighted by atomic mass is 10.0. The first-order chi connectivity index (χ1) is 19.3. The second-order valence-corrected chi connectivity index (χ2v) is 10.5. The van der Waals surface area contributed by atoms with Gasteiger partial charge < -0.3 is 15.5 Å². The van der Waals surface area contributed by atoms with Crippen LogP contribution in [0.5, 0.6) is 0 Å². The maximum atomic E-state index is 13.4. The summed E-state index contributed by atoms with van der Waals surface area (Å²) in [6.07, 6.45) is 7.13. The zero-order chi connectivity index (χ0) is 29.1. The maximum Gasteiger partial charge on any atom is 0.343 e. The third-order valence-electron chi connectivity index (χ3n) is 6.57. The zero-order valence-electron chi connectivity index (χ0n) is 22.8. The molecule has 0 unspecified atom stereocenters. The molecule has 1 aromatic heterocycles. The monoisotopic (exact) mass is 588 g/mol. The first kappa shape index (κ1) is 31.1. The number of Topliss-reactive ketones (excluding diaryl/α,β-unsaturated/α-hetero) is 1. The molecule has 3 N–H and O–H groups in total. The average Bonchev–Trinajstić information content (AvgIpc) is 3.35. The molecule has 1 aliphatic heterocycles. The number of fused-ring (bicyclic) bond motifs is 1. The minimum Gasteiger partial charge on any atom is -0.362 e. The highest BCUT2D eigenvalue weighted by Gasteiger charge is 2.29. The highest BCUT2D eigenvalue weighted by atomic mass is 35.5. The van der Waals surface area contributed by atoms with Crippen molar-refractivity contribution >= 4 is 51.3 Å².